The Bertz CT molecular complexity index is 1080. The van der Waals surface area contributed by atoms with Crippen molar-refractivity contribution < 1.29 is 24.5 Å². The van der Waals surface area contributed by atoms with Gasteiger partial charge in [0.25, 0.3) is 5.56 Å². The van der Waals surface area contributed by atoms with E-state index in [0.717, 1.165) is 4.57 Å². The van der Waals surface area contributed by atoms with Crippen molar-refractivity contribution in [2.45, 2.75) is 81.1 Å². The first-order valence-corrected chi connectivity index (χ1v) is 13.1. The molecule has 11 N–H and O–H groups in total. The largest absolute Gasteiger partial charge is 0.382 e. The number of aliphatic hydroxyl groups excluding tert-OH is 1. The van der Waals surface area contributed by atoms with E-state index in [2.05, 4.69) is 20.9 Å². The van der Waals surface area contributed by atoms with Crippen molar-refractivity contribution in [1.29, 1.82) is 0 Å². The van der Waals surface area contributed by atoms with Crippen LogP contribution < -0.4 is 34.2 Å². The van der Waals surface area contributed by atoms with Crippen LogP contribution in [-0.2, 0) is 14.3 Å². The van der Waals surface area contributed by atoms with Gasteiger partial charge in [0.2, 0.25) is 0 Å². The van der Waals surface area contributed by atoms with E-state index in [0.29, 0.717) is 38.8 Å². The number of halogens is 1. The van der Waals surface area contributed by atoms with Gasteiger partial charge in [0.05, 0.1) is 17.6 Å². The Labute approximate surface area is 222 Å². The first-order chi connectivity index (χ1) is 17.5. The van der Waals surface area contributed by atoms with E-state index in [1.165, 1.54) is 17.3 Å². The van der Waals surface area contributed by atoms with Gasteiger partial charge in [0.1, 0.15) is 18.4 Å². The molecule has 1 aromatic rings. The number of aromatic amines is 1. The zero-order valence-electron chi connectivity index (χ0n) is 20.6. The van der Waals surface area contributed by atoms with Crippen LogP contribution in [-0.4, -0.2) is 74.3 Å². The van der Waals surface area contributed by atoms with E-state index >= 15 is 0 Å². The summed E-state index contributed by atoms with van der Waals surface area (Å²) in [6, 6.07) is -2.23. The molecule has 0 amide bonds. The van der Waals surface area contributed by atoms with Crippen molar-refractivity contribution in [2.75, 3.05) is 13.1 Å². The number of hydrogen-bond acceptors (Lipinski definition) is 11. The van der Waals surface area contributed by atoms with Crippen molar-refractivity contribution in [2.24, 2.45) is 22.9 Å². The number of unbranched alkanes of at least 4 members (excludes halogenated alkanes) is 2. The number of ketones is 2. The maximum atomic E-state index is 13.3. The minimum Gasteiger partial charge on any atom is -0.382 e. The highest BCUT2D eigenvalue weighted by atomic mass is 79.9. The second-order valence-electron chi connectivity index (χ2n) is 9.18. The molecule has 1 fully saturated rings. The van der Waals surface area contributed by atoms with Gasteiger partial charge >= 0.3 is 5.69 Å². The summed E-state index contributed by atoms with van der Waals surface area (Å²) in [5.74, 6) is -1.68. The minimum atomic E-state index is -2.42. The van der Waals surface area contributed by atoms with Crippen LogP contribution in [0.2, 0.25) is 0 Å². The van der Waals surface area contributed by atoms with Crippen molar-refractivity contribution in [3.8, 4) is 0 Å². The van der Waals surface area contributed by atoms with E-state index in [1.807, 2.05) is 0 Å². The average molecular weight is 589 g/mol. The molecule has 2 heterocycles. The molecule has 1 aliphatic heterocycles. The van der Waals surface area contributed by atoms with Crippen LogP contribution in [0.3, 0.4) is 0 Å². The first-order valence-electron chi connectivity index (χ1n) is 12.2. The van der Waals surface area contributed by atoms with Crippen LogP contribution in [0.25, 0.3) is 6.08 Å². The molecule has 208 valence electrons. The third-order valence-electron chi connectivity index (χ3n) is 6.45. The van der Waals surface area contributed by atoms with Crippen LogP contribution in [0.5, 0.6) is 0 Å². The third kappa shape index (κ3) is 7.51. The standard InChI is InChI=1S/C23H37BrN6O7/c24-8-7-13-12-30(22(35)29-21(13)34)16-11-23(36,19(33)15(28)6-2-4-10-26)20(37-16)18(32)17(31)14(27)5-1-3-9-25/h7-8,12,14-16,18,20,32,36H,1-6,9-11,25-28H2,(H,29,34,35)/b8-7+/t14-,15-,16+,18?,20+,23+/m0/s1. The summed E-state index contributed by atoms with van der Waals surface area (Å²) >= 11 is 3.06. The summed E-state index contributed by atoms with van der Waals surface area (Å²) in [5, 5.41) is 22.5. The lowest BCUT2D eigenvalue weighted by atomic mass is 9.81. The number of aliphatic hydroxyl groups is 2. The number of nitrogens with zero attached hydrogens (tertiary/aromatic N) is 1. The van der Waals surface area contributed by atoms with Crippen LogP contribution in [0.15, 0.2) is 20.8 Å². The Kier molecular flexibility index (Phi) is 12.0. The number of ether oxygens (including phenoxy) is 1. The second-order valence-corrected chi connectivity index (χ2v) is 9.71. The van der Waals surface area contributed by atoms with Crippen LogP contribution in [0.1, 0.15) is 56.7 Å². The summed E-state index contributed by atoms with van der Waals surface area (Å²) < 4.78 is 6.76. The number of Topliss-reactive ketones (excluding diaryl/α,β-unsaturated/α-hetero) is 2. The zero-order chi connectivity index (χ0) is 27.8. The lowest BCUT2D eigenvalue weighted by Crippen LogP contribution is -2.59. The highest BCUT2D eigenvalue weighted by Gasteiger charge is 2.58. The summed E-state index contributed by atoms with van der Waals surface area (Å²) in [6.07, 6.45) is -0.259. The maximum absolute atomic E-state index is 13.3. The molecule has 0 saturated carbocycles. The molecule has 1 unspecified atom stereocenters. The molecule has 0 aliphatic carbocycles. The summed E-state index contributed by atoms with van der Waals surface area (Å²) in [5.41, 5.74) is 19.1. The van der Waals surface area contributed by atoms with E-state index in [9.17, 15) is 29.4 Å². The van der Waals surface area contributed by atoms with Crippen LogP contribution in [0, 0.1) is 0 Å². The van der Waals surface area contributed by atoms with Gasteiger partial charge in [-0.1, -0.05) is 28.8 Å². The summed E-state index contributed by atoms with van der Waals surface area (Å²) in [4.78, 5) is 54.5. The second kappa shape index (κ2) is 14.2. The number of nitrogens with one attached hydrogen (secondary N) is 1. The van der Waals surface area contributed by atoms with Gasteiger partial charge < -0.3 is 37.9 Å². The molecule has 37 heavy (non-hydrogen) atoms. The normalized spacial score (nSPS) is 24.3. The zero-order valence-corrected chi connectivity index (χ0v) is 22.1. The predicted molar refractivity (Wildman–Crippen MR) is 141 cm³/mol. The molecule has 1 saturated heterocycles. The SMILES string of the molecule is NCCCC[C@H](N)C(=O)C(O)[C@H]1O[C@@H](n2cc(/C=C/Br)c(=O)[nH]c2=O)C[C@@]1(O)C(=O)[C@@H](N)CCCCN. The lowest BCUT2D eigenvalue weighted by molar-refractivity contribution is -0.162. The van der Waals surface area contributed by atoms with Gasteiger partial charge in [0, 0.05) is 12.6 Å². The molecule has 14 heteroatoms. The Hall–Kier alpha value is -2.04. The molecule has 1 aliphatic rings. The molecule has 1 aromatic heterocycles. The van der Waals surface area contributed by atoms with Crippen LogP contribution in [0.4, 0.5) is 0 Å². The fraction of sp³-hybridized carbons (Fsp3) is 0.652. The number of aromatic nitrogens is 2. The topological polar surface area (TPSA) is 243 Å². The molecule has 6 atom stereocenters. The third-order valence-corrected chi connectivity index (χ3v) is 6.72. The predicted octanol–water partition coefficient (Wildman–Crippen LogP) is -1.67. The number of hydrogen-bond donors (Lipinski definition) is 7. The van der Waals surface area contributed by atoms with Crippen LogP contribution >= 0.6 is 15.9 Å². The fourth-order valence-electron chi connectivity index (χ4n) is 4.33. The van der Waals surface area contributed by atoms with Crippen molar-refractivity contribution in [1.82, 2.24) is 9.55 Å². The molecule has 13 nitrogen and oxygen atoms in total. The summed E-state index contributed by atoms with van der Waals surface area (Å²) in [7, 11) is 0. The van der Waals surface area contributed by atoms with Crippen molar-refractivity contribution in [3.05, 3.63) is 37.6 Å². The molecule has 0 radical (unpaired) electrons. The van der Waals surface area contributed by atoms with E-state index in [1.54, 1.807) is 0 Å². The van der Waals surface area contributed by atoms with E-state index in [4.69, 9.17) is 27.7 Å². The highest BCUT2D eigenvalue weighted by molar-refractivity contribution is 9.11. The smallest absolute Gasteiger partial charge is 0.330 e. The number of nitrogens with two attached hydrogens (primary N) is 4. The fourth-order valence-corrected chi connectivity index (χ4v) is 4.62. The molecular formula is C23H37BrN6O7. The number of H-pyrrole nitrogens is 1. The number of rotatable bonds is 15. The van der Waals surface area contributed by atoms with E-state index in [-0.39, 0.29) is 18.4 Å². The van der Waals surface area contributed by atoms with Gasteiger partial charge in [0.15, 0.2) is 17.2 Å². The van der Waals surface area contributed by atoms with E-state index < -0.39 is 65.4 Å². The Morgan fingerprint density at radius 2 is 1.76 bits per heavy atom. The van der Waals surface area contributed by atoms with Gasteiger partial charge in [-0.2, -0.15) is 0 Å². The molecule has 0 aromatic carbocycles. The van der Waals surface area contributed by atoms with Crippen molar-refractivity contribution in [3.63, 3.8) is 0 Å². The van der Waals surface area contributed by atoms with Gasteiger partial charge in [-0.05, 0) is 49.8 Å². The van der Waals surface area contributed by atoms with Gasteiger partial charge in [-0.3, -0.25) is 23.9 Å². The quantitative estimate of drug-likeness (QED) is 0.114. The maximum Gasteiger partial charge on any atom is 0.330 e. The molecular weight excluding hydrogens is 552 g/mol. The average Bonchev–Trinajstić information content (AvgIpc) is 3.22. The van der Waals surface area contributed by atoms with Gasteiger partial charge in [-0.15, -0.1) is 0 Å². The Morgan fingerprint density at radius 1 is 1.16 bits per heavy atom. The number of carbonyl (C=O) groups is 2. The minimum absolute atomic E-state index is 0.0791. The highest BCUT2D eigenvalue weighted by Crippen LogP contribution is 2.40. The Balaban J connectivity index is 2.43. The lowest BCUT2D eigenvalue weighted by Gasteiger charge is -2.32. The number of carbonyl (C=O) groups excluding carboxylic acids is 2. The van der Waals surface area contributed by atoms with Crippen molar-refractivity contribution >= 4 is 33.6 Å². The summed E-state index contributed by atoms with van der Waals surface area (Å²) in [6.45, 7) is 0.807. The molecule has 0 spiro atoms. The molecule has 2 rings (SSSR count). The molecule has 0 bridgehead atoms. The first kappa shape index (κ1) is 31.2. The Morgan fingerprint density at radius 3 is 2.32 bits per heavy atom. The monoisotopic (exact) mass is 588 g/mol. The van der Waals surface area contributed by atoms with Gasteiger partial charge in [-0.25, -0.2) is 4.79 Å².